The topological polar surface area (TPSA) is 41.5 Å². The molecule has 0 aliphatic rings. The number of nitrogens with one attached hydrogen (secondary N) is 1. The minimum atomic E-state index is -0.140. The first-order valence-electron chi connectivity index (χ1n) is 5.95. The van der Waals surface area contributed by atoms with Gasteiger partial charge in [-0.2, -0.15) is 5.10 Å². The predicted octanol–water partition coefficient (Wildman–Crippen LogP) is 3.90. The second kappa shape index (κ2) is 7.36. The third-order valence-electron chi connectivity index (χ3n) is 2.53. The van der Waals surface area contributed by atoms with Crippen LogP contribution < -0.4 is 5.43 Å². The van der Waals surface area contributed by atoms with Crippen molar-refractivity contribution in [2.75, 3.05) is 0 Å². The Balaban J connectivity index is 1.87. The molecule has 0 aliphatic carbocycles. The molecule has 102 valence electrons. The SMILES string of the molecule is O=C(Cc1ccc(Br)cc1)N/N=C/c1cccc(Br)c1. The van der Waals surface area contributed by atoms with E-state index in [1.54, 1.807) is 6.21 Å². The molecular formula is C15H12Br2N2O. The van der Waals surface area contributed by atoms with Gasteiger partial charge in [-0.25, -0.2) is 5.43 Å². The van der Waals surface area contributed by atoms with Gasteiger partial charge >= 0.3 is 0 Å². The Morgan fingerprint density at radius 2 is 1.85 bits per heavy atom. The largest absolute Gasteiger partial charge is 0.273 e. The molecule has 0 spiro atoms. The number of hydrogen-bond acceptors (Lipinski definition) is 2. The van der Waals surface area contributed by atoms with E-state index in [0.29, 0.717) is 6.42 Å². The van der Waals surface area contributed by atoms with Gasteiger partial charge < -0.3 is 0 Å². The van der Waals surface area contributed by atoms with E-state index in [2.05, 4.69) is 42.4 Å². The van der Waals surface area contributed by atoms with E-state index in [1.165, 1.54) is 0 Å². The summed E-state index contributed by atoms with van der Waals surface area (Å²) in [4.78, 5) is 11.7. The van der Waals surface area contributed by atoms with Crippen molar-refractivity contribution in [1.82, 2.24) is 5.43 Å². The lowest BCUT2D eigenvalue weighted by Gasteiger charge is -2.00. The summed E-state index contributed by atoms with van der Waals surface area (Å²) in [5.74, 6) is -0.140. The van der Waals surface area contributed by atoms with Crippen LogP contribution in [0.2, 0.25) is 0 Å². The van der Waals surface area contributed by atoms with E-state index in [4.69, 9.17) is 0 Å². The van der Waals surface area contributed by atoms with Crippen molar-refractivity contribution in [2.24, 2.45) is 5.10 Å². The zero-order valence-corrected chi connectivity index (χ0v) is 13.7. The molecule has 1 N–H and O–H groups in total. The van der Waals surface area contributed by atoms with Crippen molar-refractivity contribution in [3.8, 4) is 0 Å². The average Bonchev–Trinajstić information content (AvgIpc) is 2.41. The van der Waals surface area contributed by atoms with Gasteiger partial charge in [-0.3, -0.25) is 4.79 Å². The van der Waals surface area contributed by atoms with E-state index >= 15 is 0 Å². The quantitative estimate of drug-likeness (QED) is 0.618. The molecule has 0 radical (unpaired) electrons. The first-order valence-corrected chi connectivity index (χ1v) is 7.54. The van der Waals surface area contributed by atoms with Crippen molar-refractivity contribution in [3.05, 3.63) is 68.6 Å². The number of halogens is 2. The van der Waals surface area contributed by atoms with Gasteiger partial charge in [-0.1, -0.05) is 56.1 Å². The Hall–Kier alpha value is -1.46. The number of nitrogens with zero attached hydrogens (tertiary/aromatic N) is 1. The highest BCUT2D eigenvalue weighted by Crippen LogP contribution is 2.11. The van der Waals surface area contributed by atoms with Crippen LogP contribution in [0, 0.1) is 0 Å². The third-order valence-corrected chi connectivity index (χ3v) is 3.55. The maximum atomic E-state index is 11.7. The zero-order chi connectivity index (χ0) is 14.4. The summed E-state index contributed by atoms with van der Waals surface area (Å²) >= 11 is 6.74. The molecular weight excluding hydrogens is 384 g/mol. The van der Waals surface area contributed by atoms with E-state index in [-0.39, 0.29) is 5.91 Å². The predicted molar refractivity (Wildman–Crippen MR) is 87.7 cm³/mol. The smallest absolute Gasteiger partial charge is 0.244 e. The zero-order valence-electron chi connectivity index (χ0n) is 10.5. The summed E-state index contributed by atoms with van der Waals surface area (Å²) in [7, 11) is 0. The number of rotatable bonds is 4. The maximum absolute atomic E-state index is 11.7. The number of amides is 1. The highest BCUT2D eigenvalue weighted by Gasteiger charge is 2.01. The van der Waals surface area contributed by atoms with Gasteiger partial charge in [-0.15, -0.1) is 0 Å². The molecule has 2 aromatic carbocycles. The number of carbonyl (C=O) groups is 1. The van der Waals surface area contributed by atoms with Crippen LogP contribution in [0.15, 0.2) is 62.6 Å². The third kappa shape index (κ3) is 4.90. The molecule has 0 fully saturated rings. The summed E-state index contributed by atoms with van der Waals surface area (Å²) in [6, 6.07) is 15.3. The molecule has 20 heavy (non-hydrogen) atoms. The molecule has 0 saturated heterocycles. The van der Waals surface area contributed by atoms with Crippen LogP contribution in [0.4, 0.5) is 0 Å². The first-order chi connectivity index (χ1) is 9.63. The monoisotopic (exact) mass is 394 g/mol. The van der Waals surface area contributed by atoms with Crippen LogP contribution in [-0.4, -0.2) is 12.1 Å². The van der Waals surface area contributed by atoms with Crippen LogP contribution in [0.1, 0.15) is 11.1 Å². The second-order valence-corrected chi connectivity index (χ2v) is 5.98. The lowest BCUT2D eigenvalue weighted by atomic mass is 10.1. The van der Waals surface area contributed by atoms with Gasteiger partial charge in [-0.05, 0) is 35.4 Å². The molecule has 2 rings (SSSR count). The van der Waals surface area contributed by atoms with Gasteiger partial charge in [0.05, 0.1) is 12.6 Å². The highest BCUT2D eigenvalue weighted by molar-refractivity contribution is 9.10. The van der Waals surface area contributed by atoms with Crippen molar-refractivity contribution in [3.63, 3.8) is 0 Å². The standard InChI is InChI=1S/C15H12Br2N2O/c16-13-6-4-11(5-7-13)9-15(20)19-18-10-12-2-1-3-14(17)8-12/h1-8,10H,9H2,(H,19,20)/b18-10+. The molecule has 2 aromatic rings. The summed E-state index contributed by atoms with van der Waals surface area (Å²) < 4.78 is 1.97. The van der Waals surface area contributed by atoms with E-state index < -0.39 is 0 Å². The molecule has 0 bridgehead atoms. The van der Waals surface area contributed by atoms with E-state index in [9.17, 15) is 4.79 Å². The summed E-state index contributed by atoms with van der Waals surface area (Å²) in [6.07, 6.45) is 1.92. The van der Waals surface area contributed by atoms with E-state index in [0.717, 1.165) is 20.1 Å². The summed E-state index contributed by atoms with van der Waals surface area (Å²) in [5.41, 5.74) is 4.38. The Bertz CT molecular complexity index is 624. The fourth-order valence-electron chi connectivity index (χ4n) is 1.59. The van der Waals surface area contributed by atoms with Crippen LogP contribution in [0.25, 0.3) is 0 Å². The maximum Gasteiger partial charge on any atom is 0.244 e. The number of hydrazone groups is 1. The minimum Gasteiger partial charge on any atom is -0.273 e. The number of carbonyl (C=O) groups excluding carboxylic acids is 1. The van der Waals surface area contributed by atoms with Crippen molar-refractivity contribution in [2.45, 2.75) is 6.42 Å². The minimum absolute atomic E-state index is 0.140. The van der Waals surface area contributed by atoms with Crippen LogP contribution in [0.5, 0.6) is 0 Å². The first kappa shape index (κ1) is 14.9. The van der Waals surface area contributed by atoms with E-state index in [1.807, 2.05) is 48.5 Å². The molecule has 0 saturated carbocycles. The van der Waals surface area contributed by atoms with Crippen LogP contribution in [-0.2, 0) is 11.2 Å². The van der Waals surface area contributed by atoms with Gasteiger partial charge in [0.2, 0.25) is 5.91 Å². The highest BCUT2D eigenvalue weighted by atomic mass is 79.9. The van der Waals surface area contributed by atoms with Gasteiger partial charge in [0.15, 0.2) is 0 Å². The molecule has 1 amide bonds. The fourth-order valence-corrected chi connectivity index (χ4v) is 2.27. The van der Waals surface area contributed by atoms with Gasteiger partial charge in [0, 0.05) is 8.95 Å². The number of hydrogen-bond donors (Lipinski definition) is 1. The van der Waals surface area contributed by atoms with Gasteiger partial charge in [0.1, 0.15) is 0 Å². The molecule has 3 nitrogen and oxygen atoms in total. The van der Waals surface area contributed by atoms with Crippen LogP contribution >= 0.6 is 31.9 Å². The molecule has 0 atom stereocenters. The average molecular weight is 396 g/mol. The molecule has 5 heteroatoms. The summed E-state index contributed by atoms with van der Waals surface area (Å²) in [5, 5.41) is 3.94. The normalized spacial score (nSPS) is 10.7. The lowest BCUT2D eigenvalue weighted by Crippen LogP contribution is -2.19. The van der Waals surface area contributed by atoms with Crippen molar-refractivity contribution in [1.29, 1.82) is 0 Å². The lowest BCUT2D eigenvalue weighted by molar-refractivity contribution is -0.120. The van der Waals surface area contributed by atoms with Crippen molar-refractivity contribution < 1.29 is 4.79 Å². The van der Waals surface area contributed by atoms with Crippen molar-refractivity contribution >= 4 is 44.0 Å². The molecule has 0 heterocycles. The second-order valence-electron chi connectivity index (χ2n) is 4.15. The summed E-state index contributed by atoms with van der Waals surface area (Å²) in [6.45, 7) is 0. The number of benzene rings is 2. The molecule has 0 unspecified atom stereocenters. The Morgan fingerprint density at radius 1 is 1.10 bits per heavy atom. The molecule has 0 aliphatic heterocycles. The Labute approximate surface area is 134 Å². The Kier molecular flexibility index (Phi) is 5.49. The fraction of sp³-hybridized carbons (Fsp3) is 0.0667. The molecule has 0 aromatic heterocycles. The van der Waals surface area contributed by atoms with Crippen LogP contribution in [0.3, 0.4) is 0 Å². The Morgan fingerprint density at radius 3 is 2.55 bits per heavy atom. The van der Waals surface area contributed by atoms with Gasteiger partial charge in [0.25, 0.3) is 0 Å².